The quantitative estimate of drug-likeness (QED) is 0.663. The molecule has 0 atom stereocenters. The lowest BCUT2D eigenvalue weighted by Gasteiger charge is -2.03. The second-order valence-electron chi connectivity index (χ2n) is 5.42. The maximum Gasteiger partial charge on any atom is 0.322 e. The smallest absolute Gasteiger partial charge is 0.322 e. The van der Waals surface area contributed by atoms with Crippen molar-refractivity contribution < 1.29 is 22.0 Å². The first-order valence-electron chi connectivity index (χ1n) is 7.57. The summed E-state index contributed by atoms with van der Waals surface area (Å²) in [5.74, 6) is -1.93. The van der Waals surface area contributed by atoms with Crippen molar-refractivity contribution in [3.63, 3.8) is 0 Å². The molecular weight excluding hydrogens is 361 g/mol. The number of nitrogens with zero attached hydrogens (tertiary/aromatic N) is 2. The zero-order valence-electron chi connectivity index (χ0n) is 13.4. The third-order valence-electron chi connectivity index (χ3n) is 3.41. The van der Waals surface area contributed by atoms with Crippen LogP contribution in [-0.4, -0.2) is 30.3 Å². The summed E-state index contributed by atoms with van der Waals surface area (Å²) in [6, 6.07) is 13.4. The average molecular weight is 375 g/mol. The van der Waals surface area contributed by atoms with Gasteiger partial charge >= 0.3 is 6.01 Å². The van der Waals surface area contributed by atoms with Gasteiger partial charge in [-0.1, -0.05) is 35.4 Å². The van der Waals surface area contributed by atoms with E-state index in [1.54, 1.807) is 0 Å². The Morgan fingerprint density at radius 3 is 2.42 bits per heavy atom. The minimum absolute atomic E-state index is 0.149. The van der Waals surface area contributed by atoms with E-state index in [9.17, 15) is 17.6 Å². The zero-order chi connectivity index (χ0) is 18.6. The monoisotopic (exact) mass is 375 g/mol. The third-order valence-corrected chi connectivity index (χ3v) is 5.04. The van der Waals surface area contributed by atoms with Crippen molar-refractivity contribution >= 4 is 21.8 Å². The summed E-state index contributed by atoms with van der Waals surface area (Å²) in [5.41, 5.74) is 0.952. The number of anilines is 1. The number of sulfone groups is 1. The van der Waals surface area contributed by atoms with Gasteiger partial charge in [-0.15, -0.1) is 5.10 Å². The van der Waals surface area contributed by atoms with Gasteiger partial charge in [0.15, 0.2) is 9.84 Å². The van der Waals surface area contributed by atoms with E-state index in [0.717, 1.165) is 29.8 Å². The molecule has 9 heteroatoms. The molecule has 0 aliphatic heterocycles. The van der Waals surface area contributed by atoms with E-state index in [1.165, 1.54) is 0 Å². The first-order chi connectivity index (χ1) is 12.4. The van der Waals surface area contributed by atoms with Crippen molar-refractivity contribution in [1.29, 1.82) is 0 Å². The van der Waals surface area contributed by atoms with Gasteiger partial charge in [-0.2, -0.15) is 0 Å². The molecule has 134 valence electrons. The first kappa shape index (κ1) is 17.7. The Hall–Kier alpha value is -3.07. The molecule has 3 aromatic rings. The van der Waals surface area contributed by atoms with E-state index in [0.29, 0.717) is 6.42 Å². The van der Waals surface area contributed by atoms with E-state index in [1.807, 2.05) is 30.3 Å². The van der Waals surface area contributed by atoms with Crippen LogP contribution in [0.5, 0.6) is 0 Å². The van der Waals surface area contributed by atoms with Crippen LogP contribution in [0, 0.1) is 5.82 Å². The van der Waals surface area contributed by atoms with Crippen LogP contribution >= 0.6 is 0 Å². The minimum Gasteiger partial charge on any atom is -0.407 e. The predicted octanol–water partition coefficient (Wildman–Crippen LogP) is 2.21. The normalized spacial score (nSPS) is 11.3. The topological polar surface area (TPSA) is 102 Å². The lowest BCUT2D eigenvalue weighted by atomic mass is 10.2. The van der Waals surface area contributed by atoms with Gasteiger partial charge in [0.25, 0.3) is 0 Å². The van der Waals surface area contributed by atoms with Gasteiger partial charge in [-0.3, -0.25) is 10.1 Å². The number of benzene rings is 2. The van der Waals surface area contributed by atoms with E-state index in [2.05, 4.69) is 15.5 Å². The van der Waals surface area contributed by atoms with Crippen LogP contribution in [0.4, 0.5) is 10.4 Å². The Kier molecular flexibility index (Phi) is 5.08. The number of rotatable bonds is 6. The molecule has 7 nitrogen and oxygen atoms in total. The van der Waals surface area contributed by atoms with Crippen molar-refractivity contribution in [1.82, 2.24) is 10.2 Å². The molecule has 1 amide bonds. The minimum atomic E-state index is -3.91. The number of carbonyl (C=O) groups is 1. The van der Waals surface area contributed by atoms with Crippen LogP contribution in [0.15, 0.2) is 63.9 Å². The van der Waals surface area contributed by atoms with Crippen molar-refractivity contribution in [2.75, 3.05) is 11.1 Å². The molecular formula is C17H14FN3O4S. The molecule has 3 rings (SSSR count). The second-order valence-corrected chi connectivity index (χ2v) is 7.41. The Bertz CT molecular complexity index is 1000. The van der Waals surface area contributed by atoms with Gasteiger partial charge in [0.1, 0.15) is 11.6 Å². The number of aromatic nitrogens is 2. The maximum absolute atomic E-state index is 12.9. The van der Waals surface area contributed by atoms with Gasteiger partial charge in [0.2, 0.25) is 11.8 Å². The third kappa shape index (κ3) is 4.51. The van der Waals surface area contributed by atoms with Crippen LogP contribution in [-0.2, 0) is 21.1 Å². The maximum atomic E-state index is 12.9. The summed E-state index contributed by atoms with van der Waals surface area (Å²) in [4.78, 5) is 11.8. The molecule has 26 heavy (non-hydrogen) atoms. The van der Waals surface area contributed by atoms with E-state index >= 15 is 0 Å². The highest BCUT2D eigenvalue weighted by Crippen LogP contribution is 2.14. The fourth-order valence-corrected chi connectivity index (χ4v) is 3.33. The Balaban J connectivity index is 1.62. The highest BCUT2D eigenvalue weighted by molar-refractivity contribution is 7.92. The van der Waals surface area contributed by atoms with E-state index in [4.69, 9.17) is 4.42 Å². The first-order valence-corrected chi connectivity index (χ1v) is 9.22. The molecule has 0 aliphatic carbocycles. The fraction of sp³-hybridized carbons (Fsp3) is 0.118. The number of halogens is 1. The van der Waals surface area contributed by atoms with Crippen molar-refractivity contribution in [2.45, 2.75) is 11.3 Å². The molecule has 0 radical (unpaired) electrons. The zero-order valence-corrected chi connectivity index (χ0v) is 14.2. The van der Waals surface area contributed by atoms with Gasteiger partial charge in [-0.25, -0.2) is 12.8 Å². The molecule has 0 spiro atoms. The summed E-state index contributed by atoms with van der Waals surface area (Å²) in [7, 11) is -3.91. The largest absolute Gasteiger partial charge is 0.407 e. The van der Waals surface area contributed by atoms with Crippen LogP contribution < -0.4 is 5.32 Å². The molecule has 0 saturated heterocycles. The molecule has 0 aliphatic rings. The van der Waals surface area contributed by atoms with Crippen LogP contribution in [0.3, 0.4) is 0 Å². The van der Waals surface area contributed by atoms with Crippen molar-refractivity contribution in [2.24, 2.45) is 0 Å². The summed E-state index contributed by atoms with van der Waals surface area (Å²) in [5, 5.41) is 9.73. The summed E-state index contributed by atoms with van der Waals surface area (Å²) in [6.07, 6.45) is 0.386. The van der Waals surface area contributed by atoms with E-state index in [-0.39, 0.29) is 16.8 Å². The van der Waals surface area contributed by atoms with Crippen LogP contribution in [0.2, 0.25) is 0 Å². The number of hydrogen-bond acceptors (Lipinski definition) is 6. The molecule has 0 unspecified atom stereocenters. The molecule has 1 aromatic heterocycles. The summed E-state index contributed by atoms with van der Waals surface area (Å²) >= 11 is 0. The summed E-state index contributed by atoms with van der Waals surface area (Å²) in [6.45, 7) is 0. The van der Waals surface area contributed by atoms with Gasteiger partial charge in [0.05, 0.1) is 11.3 Å². The fourth-order valence-electron chi connectivity index (χ4n) is 2.20. The SMILES string of the molecule is O=C(CS(=O)(=O)c1ccc(F)cc1)Nc1nnc(Cc2ccccc2)o1. The summed E-state index contributed by atoms with van der Waals surface area (Å²) < 4.78 is 42.5. The second kappa shape index (κ2) is 7.44. The average Bonchev–Trinajstić information content (AvgIpc) is 3.02. The highest BCUT2D eigenvalue weighted by atomic mass is 32.2. The molecule has 2 aromatic carbocycles. The predicted molar refractivity (Wildman–Crippen MR) is 90.6 cm³/mol. The standard InChI is InChI=1S/C17H14FN3O4S/c18-13-6-8-14(9-7-13)26(23,24)11-15(22)19-17-21-20-16(25-17)10-12-4-2-1-3-5-12/h1-9H,10-11H2,(H,19,21,22). The Morgan fingerprint density at radius 2 is 1.73 bits per heavy atom. The molecule has 1 N–H and O–H groups in total. The van der Waals surface area contributed by atoms with Gasteiger partial charge in [0, 0.05) is 0 Å². The number of amides is 1. The number of carbonyl (C=O) groups excluding carboxylic acids is 1. The number of hydrogen-bond donors (Lipinski definition) is 1. The van der Waals surface area contributed by atoms with Gasteiger partial charge < -0.3 is 4.42 Å². The molecule has 0 bridgehead atoms. The molecule has 1 heterocycles. The Labute approximate surface area is 148 Å². The van der Waals surface area contributed by atoms with Crippen molar-refractivity contribution in [3.8, 4) is 0 Å². The molecule has 0 fully saturated rings. The van der Waals surface area contributed by atoms with Crippen LogP contribution in [0.25, 0.3) is 0 Å². The van der Waals surface area contributed by atoms with E-state index < -0.39 is 27.3 Å². The Morgan fingerprint density at radius 1 is 1.04 bits per heavy atom. The van der Waals surface area contributed by atoms with Crippen LogP contribution in [0.1, 0.15) is 11.5 Å². The number of nitrogens with one attached hydrogen (secondary N) is 1. The lowest BCUT2D eigenvalue weighted by molar-refractivity contribution is -0.114. The molecule has 0 saturated carbocycles. The lowest BCUT2D eigenvalue weighted by Crippen LogP contribution is -2.23. The van der Waals surface area contributed by atoms with Crippen molar-refractivity contribution in [3.05, 3.63) is 71.9 Å². The highest BCUT2D eigenvalue weighted by Gasteiger charge is 2.21. The van der Waals surface area contributed by atoms with Gasteiger partial charge in [-0.05, 0) is 29.8 Å².